The molecule has 2 aromatic heterocycles. The zero-order valence-corrected chi connectivity index (χ0v) is 17.7. The van der Waals surface area contributed by atoms with E-state index in [1.54, 1.807) is 11.7 Å². The van der Waals surface area contributed by atoms with Gasteiger partial charge in [0.1, 0.15) is 9.71 Å². The Labute approximate surface area is 183 Å². The molecule has 6 N–H and O–H groups in total. The Balaban J connectivity index is 1.52. The fraction of sp³-hybridized carbons (Fsp3) is 0.286. The summed E-state index contributed by atoms with van der Waals surface area (Å²) in [6, 6.07) is 9.73. The topological polar surface area (TPSA) is 138 Å². The smallest absolute Gasteiger partial charge is 0.260 e. The van der Waals surface area contributed by atoms with Crippen molar-refractivity contribution in [2.45, 2.75) is 12.8 Å². The lowest BCUT2D eigenvalue weighted by Crippen LogP contribution is -2.30. The molecule has 1 saturated heterocycles. The molecular weight excluding hydrogens is 416 g/mol. The maximum atomic E-state index is 11.7. The number of nitrogens with two attached hydrogens (primary N) is 2. The minimum absolute atomic E-state index is 0.137. The highest BCUT2D eigenvalue weighted by molar-refractivity contribution is 7.21. The van der Waals surface area contributed by atoms with Crippen LogP contribution in [0.15, 0.2) is 36.5 Å². The molecule has 2 amide bonds. The number of anilines is 3. The zero-order chi connectivity index (χ0) is 22.0. The number of hydroxylamine groups is 1. The van der Waals surface area contributed by atoms with Crippen molar-refractivity contribution in [1.82, 2.24) is 10.5 Å². The molecule has 1 aliphatic heterocycles. The van der Waals surface area contributed by atoms with Crippen LogP contribution in [0, 0.1) is 0 Å². The molecule has 10 heteroatoms. The molecule has 0 unspecified atom stereocenters. The van der Waals surface area contributed by atoms with Crippen LogP contribution in [0.2, 0.25) is 0 Å². The van der Waals surface area contributed by atoms with Crippen molar-refractivity contribution in [1.29, 1.82) is 0 Å². The van der Waals surface area contributed by atoms with E-state index in [0.29, 0.717) is 15.4 Å². The van der Waals surface area contributed by atoms with E-state index >= 15 is 0 Å². The molecule has 0 spiro atoms. The first-order valence-corrected chi connectivity index (χ1v) is 10.8. The van der Waals surface area contributed by atoms with Gasteiger partial charge in [0.15, 0.2) is 0 Å². The summed E-state index contributed by atoms with van der Waals surface area (Å²) in [6.07, 6.45) is 2.82. The fourth-order valence-electron chi connectivity index (χ4n) is 3.94. The molecule has 3 heterocycles. The SMILES string of the molecule is NC(=O)c1sc2nccc(N3CCCN(c4ccc(CC(=O)NO)cc4)CC3)c2c1N. The highest BCUT2D eigenvalue weighted by Gasteiger charge is 2.22. The van der Waals surface area contributed by atoms with E-state index in [2.05, 4.69) is 14.8 Å². The summed E-state index contributed by atoms with van der Waals surface area (Å²) in [4.78, 5) is 33.0. The Bertz CT molecular complexity index is 1110. The minimum Gasteiger partial charge on any atom is -0.397 e. The Hall–Kier alpha value is -3.37. The van der Waals surface area contributed by atoms with Crippen LogP contribution < -0.4 is 26.7 Å². The van der Waals surface area contributed by atoms with E-state index < -0.39 is 11.8 Å². The highest BCUT2D eigenvalue weighted by Crippen LogP contribution is 2.38. The van der Waals surface area contributed by atoms with Gasteiger partial charge < -0.3 is 21.3 Å². The van der Waals surface area contributed by atoms with E-state index in [-0.39, 0.29) is 6.42 Å². The van der Waals surface area contributed by atoms with E-state index in [4.69, 9.17) is 16.7 Å². The number of amides is 2. The van der Waals surface area contributed by atoms with Crippen molar-refractivity contribution in [3.63, 3.8) is 0 Å². The third-order valence-electron chi connectivity index (χ3n) is 5.46. The molecule has 0 bridgehead atoms. The number of thiophene rings is 1. The summed E-state index contributed by atoms with van der Waals surface area (Å²) >= 11 is 1.23. The van der Waals surface area contributed by atoms with Gasteiger partial charge in [-0.05, 0) is 30.2 Å². The normalized spacial score (nSPS) is 14.5. The fourth-order valence-corrected chi connectivity index (χ4v) is 4.88. The predicted octanol–water partition coefficient (Wildman–Crippen LogP) is 1.74. The summed E-state index contributed by atoms with van der Waals surface area (Å²) < 4.78 is 0. The van der Waals surface area contributed by atoms with Crippen LogP contribution in [0.5, 0.6) is 0 Å². The van der Waals surface area contributed by atoms with E-state index in [1.807, 2.05) is 30.3 Å². The van der Waals surface area contributed by atoms with Crippen LogP contribution in [-0.4, -0.2) is 48.2 Å². The van der Waals surface area contributed by atoms with Gasteiger partial charge in [0, 0.05) is 38.1 Å². The first-order valence-electron chi connectivity index (χ1n) is 9.96. The number of hydrogen-bond donors (Lipinski definition) is 4. The quantitative estimate of drug-likeness (QED) is 0.350. The van der Waals surface area contributed by atoms with Gasteiger partial charge in [0.2, 0.25) is 5.91 Å². The second kappa shape index (κ2) is 8.78. The largest absolute Gasteiger partial charge is 0.397 e. The molecule has 0 radical (unpaired) electrons. The monoisotopic (exact) mass is 440 g/mol. The number of rotatable bonds is 5. The first-order chi connectivity index (χ1) is 15.0. The number of carbonyl (C=O) groups is 2. The molecule has 1 aliphatic rings. The summed E-state index contributed by atoms with van der Waals surface area (Å²) in [7, 11) is 0. The lowest BCUT2D eigenvalue weighted by atomic mass is 10.1. The van der Waals surface area contributed by atoms with Gasteiger partial charge in [-0.2, -0.15) is 0 Å². The molecule has 0 aliphatic carbocycles. The predicted molar refractivity (Wildman–Crippen MR) is 122 cm³/mol. The van der Waals surface area contributed by atoms with Crippen molar-refractivity contribution < 1.29 is 14.8 Å². The molecular formula is C21H24N6O3S. The van der Waals surface area contributed by atoms with Gasteiger partial charge in [-0.3, -0.25) is 14.8 Å². The maximum absolute atomic E-state index is 11.7. The Kier molecular flexibility index (Phi) is 5.92. The maximum Gasteiger partial charge on any atom is 0.260 e. The van der Waals surface area contributed by atoms with Crippen LogP contribution in [0.3, 0.4) is 0 Å². The van der Waals surface area contributed by atoms with Gasteiger partial charge in [-0.15, -0.1) is 11.3 Å². The van der Waals surface area contributed by atoms with Crippen molar-refractivity contribution >= 4 is 50.4 Å². The molecule has 1 aromatic carbocycles. The standard InChI is InChI=1S/C21H24N6O3S/c22-18-17-15(6-7-24-21(17)31-19(18)20(23)29)27-9-1-8-26(10-11-27)14-4-2-13(3-5-14)12-16(28)25-30/h2-7,30H,1,8-12,22H2,(H2,23,29)(H,25,28). The number of carbonyl (C=O) groups excluding carboxylic acids is 2. The van der Waals surface area contributed by atoms with Gasteiger partial charge in [0.25, 0.3) is 5.91 Å². The molecule has 3 aromatic rings. The minimum atomic E-state index is -0.534. The molecule has 0 atom stereocenters. The number of nitrogens with zero attached hydrogens (tertiary/aromatic N) is 3. The van der Waals surface area contributed by atoms with Gasteiger partial charge >= 0.3 is 0 Å². The first kappa shape index (κ1) is 20.9. The number of nitrogen functional groups attached to an aromatic ring is 1. The number of benzene rings is 1. The van der Waals surface area contributed by atoms with Crippen LogP contribution >= 0.6 is 11.3 Å². The number of hydrogen-bond acceptors (Lipinski definition) is 8. The van der Waals surface area contributed by atoms with E-state index in [0.717, 1.165) is 54.9 Å². The average Bonchev–Trinajstić information content (AvgIpc) is 2.95. The number of aromatic nitrogens is 1. The highest BCUT2D eigenvalue weighted by atomic mass is 32.1. The zero-order valence-electron chi connectivity index (χ0n) is 16.9. The lowest BCUT2D eigenvalue weighted by molar-refractivity contribution is -0.128. The van der Waals surface area contributed by atoms with Gasteiger partial charge in [-0.1, -0.05) is 12.1 Å². The number of primary amides is 1. The van der Waals surface area contributed by atoms with Crippen LogP contribution in [0.25, 0.3) is 10.2 Å². The van der Waals surface area contributed by atoms with Gasteiger partial charge in [0.05, 0.1) is 23.2 Å². The number of pyridine rings is 1. The second-order valence-corrected chi connectivity index (χ2v) is 8.42. The number of fused-ring (bicyclic) bond motifs is 1. The van der Waals surface area contributed by atoms with E-state index in [9.17, 15) is 9.59 Å². The van der Waals surface area contributed by atoms with Gasteiger partial charge in [-0.25, -0.2) is 10.5 Å². The third-order valence-corrected chi connectivity index (χ3v) is 6.59. The third kappa shape index (κ3) is 4.25. The molecule has 4 rings (SSSR count). The van der Waals surface area contributed by atoms with Crippen molar-refractivity contribution in [3.8, 4) is 0 Å². The molecule has 9 nitrogen and oxygen atoms in total. The number of nitrogens with one attached hydrogen (secondary N) is 1. The second-order valence-electron chi connectivity index (χ2n) is 7.43. The summed E-state index contributed by atoms with van der Waals surface area (Å²) in [5.41, 5.74) is 16.7. The molecule has 1 fully saturated rings. The Morgan fingerprint density at radius 3 is 2.52 bits per heavy atom. The molecule has 31 heavy (non-hydrogen) atoms. The Morgan fingerprint density at radius 1 is 1.10 bits per heavy atom. The van der Waals surface area contributed by atoms with Crippen molar-refractivity contribution in [2.24, 2.45) is 5.73 Å². The summed E-state index contributed by atoms with van der Waals surface area (Å²) in [6.45, 7) is 3.35. The average molecular weight is 441 g/mol. The Morgan fingerprint density at radius 2 is 1.81 bits per heavy atom. The van der Waals surface area contributed by atoms with Crippen LogP contribution in [0.4, 0.5) is 17.1 Å². The van der Waals surface area contributed by atoms with Crippen LogP contribution in [0.1, 0.15) is 21.7 Å². The molecule has 0 saturated carbocycles. The summed E-state index contributed by atoms with van der Waals surface area (Å²) in [5, 5.41) is 9.46. The van der Waals surface area contributed by atoms with Crippen molar-refractivity contribution in [3.05, 3.63) is 47.0 Å². The van der Waals surface area contributed by atoms with Crippen molar-refractivity contribution in [2.75, 3.05) is 41.7 Å². The van der Waals surface area contributed by atoms with E-state index in [1.165, 1.54) is 11.3 Å². The van der Waals surface area contributed by atoms with Crippen LogP contribution in [-0.2, 0) is 11.2 Å². The molecule has 162 valence electrons. The summed E-state index contributed by atoms with van der Waals surface area (Å²) in [5.74, 6) is -0.970. The lowest BCUT2D eigenvalue weighted by Gasteiger charge is -2.25.